The van der Waals surface area contributed by atoms with Crippen LogP contribution in [0, 0.1) is 13.8 Å². The van der Waals surface area contributed by atoms with Gasteiger partial charge >= 0.3 is 6.03 Å². The van der Waals surface area contributed by atoms with Crippen molar-refractivity contribution >= 4 is 73.1 Å². The molecule has 1 aliphatic heterocycles. The number of rotatable bonds is 7. The molecular weight excluding hydrogens is 634 g/mol. The van der Waals surface area contributed by atoms with Crippen LogP contribution in [0.15, 0.2) is 69.1 Å². The summed E-state index contributed by atoms with van der Waals surface area (Å²) >= 11 is 6.85. The quantitative estimate of drug-likeness (QED) is 0.256. The van der Waals surface area contributed by atoms with Gasteiger partial charge in [0.25, 0.3) is 17.7 Å². The monoisotopic (exact) mass is 655 g/mol. The third-order valence-corrected chi connectivity index (χ3v) is 6.95. The van der Waals surface area contributed by atoms with Gasteiger partial charge < -0.3 is 14.8 Å². The average molecular weight is 657 g/mol. The first-order chi connectivity index (χ1) is 18.6. The van der Waals surface area contributed by atoms with Crippen molar-refractivity contribution in [1.82, 2.24) is 5.32 Å². The molecular formula is C28H23Br2N3O6. The van der Waals surface area contributed by atoms with E-state index in [1.807, 2.05) is 32.0 Å². The molecule has 3 aromatic carbocycles. The lowest BCUT2D eigenvalue weighted by atomic mass is 10.1. The van der Waals surface area contributed by atoms with Gasteiger partial charge in [-0.1, -0.05) is 17.7 Å². The lowest BCUT2D eigenvalue weighted by Gasteiger charge is -2.26. The highest BCUT2D eigenvalue weighted by atomic mass is 79.9. The number of carbonyl (C=O) groups is 4. The Morgan fingerprint density at radius 1 is 1.00 bits per heavy atom. The number of hydrogen-bond acceptors (Lipinski definition) is 6. The number of imide groups is 2. The summed E-state index contributed by atoms with van der Waals surface area (Å²) in [6.45, 7) is 3.64. The Balaban J connectivity index is 1.51. The van der Waals surface area contributed by atoms with Gasteiger partial charge in [0, 0.05) is 5.69 Å². The van der Waals surface area contributed by atoms with Crippen LogP contribution in [-0.2, 0) is 14.4 Å². The van der Waals surface area contributed by atoms with Gasteiger partial charge in [-0.15, -0.1) is 0 Å². The van der Waals surface area contributed by atoms with E-state index in [1.165, 1.54) is 13.2 Å². The molecule has 11 heteroatoms. The van der Waals surface area contributed by atoms with Gasteiger partial charge in [0.05, 0.1) is 21.7 Å². The van der Waals surface area contributed by atoms with Crippen molar-refractivity contribution in [3.05, 3.63) is 85.8 Å². The zero-order valence-corrected chi connectivity index (χ0v) is 24.3. The second-order valence-electron chi connectivity index (χ2n) is 8.62. The first-order valence-corrected chi connectivity index (χ1v) is 13.2. The molecule has 5 amide bonds. The number of amides is 5. The van der Waals surface area contributed by atoms with E-state index in [4.69, 9.17) is 9.47 Å². The number of methoxy groups -OCH3 is 1. The number of nitrogens with one attached hydrogen (secondary N) is 2. The van der Waals surface area contributed by atoms with Crippen molar-refractivity contribution in [1.29, 1.82) is 0 Å². The summed E-state index contributed by atoms with van der Waals surface area (Å²) in [6, 6.07) is 14.4. The third kappa shape index (κ3) is 6.37. The minimum absolute atomic E-state index is 0.231. The third-order valence-electron chi connectivity index (χ3n) is 5.77. The second kappa shape index (κ2) is 11.8. The van der Waals surface area contributed by atoms with Gasteiger partial charge in [-0.05, 0) is 105 Å². The summed E-state index contributed by atoms with van der Waals surface area (Å²) in [4.78, 5) is 51.5. The highest BCUT2D eigenvalue weighted by Crippen LogP contribution is 2.36. The van der Waals surface area contributed by atoms with Gasteiger partial charge in [0.15, 0.2) is 6.61 Å². The van der Waals surface area contributed by atoms with Gasteiger partial charge in [-0.3, -0.25) is 19.7 Å². The molecule has 1 heterocycles. The second-order valence-corrected chi connectivity index (χ2v) is 10.3. The standard InChI is InChI=1S/C28H23Br2N3O6/c1-15-4-9-23(16(2)10-15)31-24(34)14-39-25-21(29)12-17(13-22(25)30)11-20-26(35)32-28(37)33(27(20)36)18-5-7-19(38-3)8-6-18/h4-13H,14H2,1-3H3,(H,31,34)(H,32,35,37)/b20-11+. The molecule has 39 heavy (non-hydrogen) atoms. The molecule has 1 aliphatic rings. The number of urea groups is 1. The molecule has 0 aromatic heterocycles. The molecule has 3 aromatic rings. The molecule has 0 radical (unpaired) electrons. The van der Waals surface area contributed by atoms with Crippen LogP contribution in [0.25, 0.3) is 6.08 Å². The predicted octanol–water partition coefficient (Wildman–Crippen LogP) is 5.52. The SMILES string of the molecule is COc1ccc(N2C(=O)NC(=O)/C(=C\c3cc(Br)c(OCC(=O)Nc4ccc(C)cc4C)c(Br)c3)C2=O)cc1. The maximum absolute atomic E-state index is 13.2. The summed E-state index contributed by atoms with van der Waals surface area (Å²) in [6.07, 6.45) is 1.37. The lowest BCUT2D eigenvalue weighted by Crippen LogP contribution is -2.54. The molecule has 200 valence electrons. The van der Waals surface area contributed by atoms with E-state index in [-0.39, 0.29) is 23.8 Å². The maximum atomic E-state index is 13.2. The van der Waals surface area contributed by atoms with Crippen LogP contribution in [-0.4, -0.2) is 37.5 Å². The van der Waals surface area contributed by atoms with Gasteiger partial charge in [0.2, 0.25) is 0 Å². The van der Waals surface area contributed by atoms with E-state index >= 15 is 0 Å². The molecule has 4 rings (SSSR count). The topological polar surface area (TPSA) is 114 Å². The van der Waals surface area contributed by atoms with Crippen LogP contribution in [0.3, 0.4) is 0 Å². The zero-order chi connectivity index (χ0) is 28.3. The van der Waals surface area contributed by atoms with Crippen LogP contribution >= 0.6 is 31.9 Å². The number of halogens is 2. The van der Waals surface area contributed by atoms with E-state index in [9.17, 15) is 19.2 Å². The predicted molar refractivity (Wildman–Crippen MR) is 154 cm³/mol. The van der Waals surface area contributed by atoms with E-state index in [2.05, 4.69) is 42.5 Å². The molecule has 1 fully saturated rings. The first kappa shape index (κ1) is 28.1. The lowest BCUT2D eigenvalue weighted by molar-refractivity contribution is -0.122. The summed E-state index contributed by atoms with van der Waals surface area (Å²) in [5.74, 6) is -1.01. The smallest absolute Gasteiger partial charge is 0.335 e. The van der Waals surface area contributed by atoms with Crippen molar-refractivity contribution in [2.75, 3.05) is 23.9 Å². The highest BCUT2D eigenvalue weighted by molar-refractivity contribution is 9.11. The fourth-order valence-corrected chi connectivity index (χ4v) is 5.32. The normalized spacial score (nSPS) is 14.3. The van der Waals surface area contributed by atoms with Crippen molar-refractivity contribution in [3.63, 3.8) is 0 Å². The first-order valence-electron chi connectivity index (χ1n) is 11.6. The maximum Gasteiger partial charge on any atom is 0.335 e. The fourth-order valence-electron chi connectivity index (χ4n) is 3.87. The van der Waals surface area contributed by atoms with Crippen molar-refractivity contribution in [3.8, 4) is 11.5 Å². The minimum Gasteiger partial charge on any atom is -0.497 e. The summed E-state index contributed by atoms with van der Waals surface area (Å²) in [5, 5.41) is 5.02. The molecule has 2 N–H and O–H groups in total. The van der Waals surface area contributed by atoms with E-state index in [0.29, 0.717) is 31.7 Å². The zero-order valence-electron chi connectivity index (χ0n) is 21.1. The van der Waals surface area contributed by atoms with E-state index in [1.54, 1.807) is 36.4 Å². The van der Waals surface area contributed by atoms with Crippen LogP contribution in [0.4, 0.5) is 16.2 Å². The molecule has 0 atom stereocenters. The van der Waals surface area contributed by atoms with Crippen LogP contribution < -0.4 is 25.0 Å². The Kier molecular flexibility index (Phi) is 8.51. The Hall–Kier alpha value is -3.96. The molecule has 1 saturated heterocycles. The van der Waals surface area contributed by atoms with Gasteiger partial charge in [0.1, 0.15) is 17.1 Å². The van der Waals surface area contributed by atoms with Crippen LogP contribution in [0.1, 0.15) is 16.7 Å². The number of anilines is 2. The average Bonchev–Trinajstić information content (AvgIpc) is 2.88. The summed E-state index contributed by atoms with van der Waals surface area (Å²) < 4.78 is 11.8. The molecule has 0 aliphatic carbocycles. The number of carbonyl (C=O) groups excluding carboxylic acids is 4. The number of aryl methyl sites for hydroxylation is 2. The highest BCUT2D eigenvalue weighted by Gasteiger charge is 2.36. The van der Waals surface area contributed by atoms with Crippen LogP contribution in [0.5, 0.6) is 11.5 Å². The number of hydrogen-bond donors (Lipinski definition) is 2. The fraction of sp³-hybridized carbons (Fsp3) is 0.143. The number of ether oxygens (including phenoxy) is 2. The molecule has 0 bridgehead atoms. The molecule has 0 unspecified atom stereocenters. The van der Waals surface area contributed by atoms with Crippen molar-refractivity contribution < 1.29 is 28.7 Å². The minimum atomic E-state index is -0.850. The molecule has 9 nitrogen and oxygen atoms in total. The largest absolute Gasteiger partial charge is 0.497 e. The Bertz CT molecular complexity index is 1500. The summed E-state index contributed by atoms with van der Waals surface area (Å²) in [5.41, 5.74) is 3.26. The van der Waals surface area contributed by atoms with E-state index < -0.39 is 17.8 Å². The van der Waals surface area contributed by atoms with Crippen LogP contribution in [0.2, 0.25) is 0 Å². The Labute approximate surface area is 241 Å². The number of benzene rings is 3. The van der Waals surface area contributed by atoms with Crippen molar-refractivity contribution in [2.45, 2.75) is 13.8 Å². The molecule has 0 saturated carbocycles. The number of nitrogens with zero attached hydrogens (tertiary/aromatic N) is 1. The Morgan fingerprint density at radius 3 is 2.28 bits per heavy atom. The van der Waals surface area contributed by atoms with E-state index in [0.717, 1.165) is 16.0 Å². The summed E-state index contributed by atoms with van der Waals surface area (Å²) in [7, 11) is 1.50. The molecule has 0 spiro atoms. The van der Waals surface area contributed by atoms with Gasteiger partial charge in [-0.25, -0.2) is 9.69 Å². The Morgan fingerprint density at radius 2 is 1.67 bits per heavy atom. The van der Waals surface area contributed by atoms with Gasteiger partial charge in [-0.2, -0.15) is 0 Å². The van der Waals surface area contributed by atoms with Crippen molar-refractivity contribution in [2.24, 2.45) is 0 Å². The number of barbiturate groups is 1.